The van der Waals surface area contributed by atoms with E-state index in [1.807, 2.05) is 6.08 Å². The predicted octanol–water partition coefficient (Wildman–Crippen LogP) is 1.87. The van der Waals surface area contributed by atoms with Crippen molar-refractivity contribution in [2.75, 3.05) is 20.1 Å². The fourth-order valence-electron chi connectivity index (χ4n) is 1.17. The summed E-state index contributed by atoms with van der Waals surface area (Å²) in [6, 6.07) is 0.300. The Labute approximate surface area is 82.8 Å². The Kier molecular flexibility index (Phi) is 6.92. The largest absolute Gasteiger partial charge is 0.326 e. The molecule has 2 N–H and O–H groups in total. The molecule has 78 valence electrons. The standard InChI is InChI=1S/C11H24N2/c1-5-6-7-8-13(4)9-11(12)10(2)3/h5,10-11H,1,6-9,12H2,2-4H3. The van der Waals surface area contributed by atoms with Crippen molar-refractivity contribution in [2.45, 2.75) is 32.7 Å². The SMILES string of the molecule is C=CCCCN(C)CC(N)C(C)C. The minimum absolute atomic E-state index is 0.300. The first-order valence-corrected chi connectivity index (χ1v) is 5.13. The molecule has 0 saturated carbocycles. The maximum Gasteiger partial charge on any atom is 0.0191 e. The highest BCUT2D eigenvalue weighted by Crippen LogP contribution is 2.01. The van der Waals surface area contributed by atoms with Crippen LogP contribution in [-0.2, 0) is 0 Å². The topological polar surface area (TPSA) is 29.3 Å². The van der Waals surface area contributed by atoms with E-state index in [1.54, 1.807) is 0 Å². The van der Waals surface area contributed by atoms with E-state index in [-0.39, 0.29) is 0 Å². The lowest BCUT2D eigenvalue weighted by Gasteiger charge is -2.23. The molecular weight excluding hydrogens is 160 g/mol. The Bertz CT molecular complexity index is 132. The third kappa shape index (κ3) is 6.79. The van der Waals surface area contributed by atoms with Gasteiger partial charge in [0.2, 0.25) is 0 Å². The van der Waals surface area contributed by atoms with Gasteiger partial charge in [-0.2, -0.15) is 0 Å². The first-order valence-electron chi connectivity index (χ1n) is 5.13. The molecule has 0 fully saturated rings. The Balaban J connectivity index is 3.49. The molecule has 1 atom stereocenters. The molecule has 0 bridgehead atoms. The minimum atomic E-state index is 0.300. The van der Waals surface area contributed by atoms with Crippen LogP contribution in [0, 0.1) is 5.92 Å². The summed E-state index contributed by atoms with van der Waals surface area (Å²) in [6.07, 6.45) is 4.25. The second-order valence-electron chi connectivity index (χ2n) is 4.10. The molecule has 13 heavy (non-hydrogen) atoms. The highest BCUT2D eigenvalue weighted by Gasteiger charge is 2.09. The van der Waals surface area contributed by atoms with E-state index in [2.05, 4.69) is 32.4 Å². The molecule has 0 radical (unpaired) electrons. The Hall–Kier alpha value is -0.340. The van der Waals surface area contributed by atoms with Gasteiger partial charge in [0.15, 0.2) is 0 Å². The van der Waals surface area contributed by atoms with Crippen LogP contribution >= 0.6 is 0 Å². The van der Waals surface area contributed by atoms with Crippen molar-refractivity contribution in [2.24, 2.45) is 11.7 Å². The number of rotatable bonds is 7. The fourth-order valence-corrected chi connectivity index (χ4v) is 1.17. The zero-order chi connectivity index (χ0) is 10.3. The van der Waals surface area contributed by atoms with E-state index in [9.17, 15) is 0 Å². The summed E-state index contributed by atoms with van der Waals surface area (Å²) >= 11 is 0. The van der Waals surface area contributed by atoms with Crippen molar-refractivity contribution in [3.63, 3.8) is 0 Å². The Morgan fingerprint density at radius 3 is 2.54 bits per heavy atom. The van der Waals surface area contributed by atoms with E-state index in [0.717, 1.165) is 19.5 Å². The van der Waals surface area contributed by atoms with E-state index in [4.69, 9.17) is 5.73 Å². The smallest absolute Gasteiger partial charge is 0.0191 e. The maximum absolute atomic E-state index is 5.96. The predicted molar refractivity (Wildman–Crippen MR) is 59.7 cm³/mol. The molecule has 0 saturated heterocycles. The molecule has 0 spiro atoms. The van der Waals surface area contributed by atoms with Crippen molar-refractivity contribution in [3.8, 4) is 0 Å². The van der Waals surface area contributed by atoms with Gasteiger partial charge in [-0.1, -0.05) is 19.9 Å². The van der Waals surface area contributed by atoms with Crippen LogP contribution in [0.5, 0.6) is 0 Å². The quantitative estimate of drug-likeness (QED) is 0.483. The lowest BCUT2D eigenvalue weighted by Crippen LogP contribution is -2.39. The van der Waals surface area contributed by atoms with Gasteiger partial charge in [0, 0.05) is 12.6 Å². The number of likely N-dealkylation sites (N-methyl/N-ethyl adjacent to an activating group) is 1. The van der Waals surface area contributed by atoms with Gasteiger partial charge in [0.1, 0.15) is 0 Å². The molecule has 0 aliphatic carbocycles. The highest BCUT2D eigenvalue weighted by atomic mass is 15.1. The van der Waals surface area contributed by atoms with E-state index < -0.39 is 0 Å². The van der Waals surface area contributed by atoms with Crippen LogP contribution in [0.4, 0.5) is 0 Å². The molecule has 0 aliphatic heterocycles. The first-order chi connectivity index (χ1) is 6.07. The molecule has 0 aliphatic rings. The summed E-state index contributed by atoms with van der Waals surface area (Å²) in [5, 5.41) is 0. The molecule has 2 nitrogen and oxygen atoms in total. The normalized spacial score (nSPS) is 13.7. The van der Waals surface area contributed by atoms with Crippen molar-refractivity contribution in [1.29, 1.82) is 0 Å². The van der Waals surface area contributed by atoms with Crippen LogP contribution < -0.4 is 5.73 Å². The summed E-state index contributed by atoms with van der Waals surface area (Å²) in [6.45, 7) is 10.2. The number of hydrogen-bond acceptors (Lipinski definition) is 2. The fraction of sp³-hybridized carbons (Fsp3) is 0.818. The van der Waals surface area contributed by atoms with Crippen LogP contribution in [0.2, 0.25) is 0 Å². The second kappa shape index (κ2) is 7.10. The van der Waals surface area contributed by atoms with Crippen molar-refractivity contribution in [1.82, 2.24) is 4.90 Å². The second-order valence-corrected chi connectivity index (χ2v) is 4.10. The molecular formula is C11H24N2. The van der Waals surface area contributed by atoms with Crippen molar-refractivity contribution >= 4 is 0 Å². The molecule has 1 unspecified atom stereocenters. The minimum Gasteiger partial charge on any atom is -0.326 e. The van der Waals surface area contributed by atoms with Gasteiger partial charge in [-0.3, -0.25) is 0 Å². The third-order valence-corrected chi connectivity index (χ3v) is 2.33. The van der Waals surface area contributed by atoms with Crippen LogP contribution in [0.3, 0.4) is 0 Å². The van der Waals surface area contributed by atoms with Gasteiger partial charge in [0.05, 0.1) is 0 Å². The highest BCUT2D eigenvalue weighted by molar-refractivity contribution is 4.71. The number of allylic oxidation sites excluding steroid dienone is 1. The van der Waals surface area contributed by atoms with E-state index in [1.165, 1.54) is 6.42 Å². The molecule has 0 aromatic carbocycles. The molecule has 0 rings (SSSR count). The number of unbranched alkanes of at least 4 members (excludes halogenated alkanes) is 1. The molecule has 0 aromatic heterocycles. The number of hydrogen-bond donors (Lipinski definition) is 1. The summed E-state index contributed by atoms with van der Waals surface area (Å²) in [5.74, 6) is 0.571. The van der Waals surface area contributed by atoms with Crippen LogP contribution in [-0.4, -0.2) is 31.1 Å². The van der Waals surface area contributed by atoms with Crippen LogP contribution in [0.25, 0.3) is 0 Å². The van der Waals surface area contributed by atoms with E-state index in [0.29, 0.717) is 12.0 Å². The molecule has 0 aromatic rings. The van der Waals surface area contributed by atoms with Gasteiger partial charge in [-0.15, -0.1) is 6.58 Å². The summed E-state index contributed by atoms with van der Waals surface area (Å²) in [5.41, 5.74) is 5.96. The Morgan fingerprint density at radius 2 is 2.08 bits per heavy atom. The number of nitrogens with two attached hydrogens (primary N) is 1. The van der Waals surface area contributed by atoms with Crippen LogP contribution in [0.1, 0.15) is 26.7 Å². The lowest BCUT2D eigenvalue weighted by molar-refractivity contribution is 0.281. The lowest BCUT2D eigenvalue weighted by atomic mass is 10.1. The van der Waals surface area contributed by atoms with E-state index >= 15 is 0 Å². The van der Waals surface area contributed by atoms with Gasteiger partial charge < -0.3 is 10.6 Å². The average molecular weight is 184 g/mol. The maximum atomic E-state index is 5.96. The van der Waals surface area contributed by atoms with Gasteiger partial charge in [-0.25, -0.2) is 0 Å². The molecule has 2 heteroatoms. The average Bonchev–Trinajstić information content (AvgIpc) is 2.04. The van der Waals surface area contributed by atoms with Gasteiger partial charge >= 0.3 is 0 Å². The first kappa shape index (κ1) is 12.7. The van der Waals surface area contributed by atoms with Crippen LogP contribution in [0.15, 0.2) is 12.7 Å². The summed E-state index contributed by atoms with van der Waals surface area (Å²) < 4.78 is 0. The summed E-state index contributed by atoms with van der Waals surface area (Å²) in [4.78, 5) is 2.30. The zero-order valence-corrected chi connectivity index (χ0v) is 9.29. The van der Waals surface area contributed by atoms with Gasteiger partial charge in [0.25, 0.3) is 0 Å². The summed E-state index contributed by atoms with van der Waals surface area (Å²) in [7, 11) is 2.13. The zero-order valence-electron chi connectivity index (χ0n) is 9.29. The number of nitrogens with zero attached hydrogens (tertiary/aromatic N) is 1. The Morgan fingerprint density at radius 1 is 1.46 bits per heavy atom. The third-order valence-electron chi connectivity index (χ3n) is 2.33. The molecule has 0 heterocycles. The van der Waals surface area contributed by atoms with Crippen molar-refractivity contribution < 1.29 is 0 Å². The monoisotopic (exact) mass is 184 g/mol. The van der Waals surface area contributed by atoms with Gasteiger partial charge in [-0.05, 0) is 32.4 Å². The molecule has 0 amide bonds. The van der Waals surface area contributed by atoms with Crippen molar-refractivity contribution in [3.05, 3.63) is 12.7 Å².